The van der Waals surface area contributed by atoms with Crippen LogP contribution in [0.2, 0.25) is 0 Å². The topological polar surface area (TPSA) is 83.6 Å². The Morgan fingerprint density at radius 1 is 1.22 bits per heavy atom. The number of aliphatic carboxylic acids is 1. The first-order valence-electron chi connectivity index (χ1n) is 7.47. The number of nitrogens with zero attached hydrogens (tertiary/aromatic N) is 2. The third-order valence-electron chi connectivity index (χ3n) is 3.57. The predicted octanol–water partition coefficient (Wildman–Crippen LogP) is 2.80. The molecule has 122 valence electrons. The SMILES string of the molecule is Cc1noc(C)c1C(=O)N(CCCC(=O)O)Cc1ccccc1. The summed E-state index contributed by atoms with van der Waals surface area (Å²) in [5.74, 6) is -0.575. The van der Waals surface area contributed by atoms with E-state index in [9.17, 15) is 9.59 Å². The van der Waals surface area contributed by atoms with Crippen LogP contribution in [0.5, 0.6) is 0 Å². The van der Waals surface area contributed by atoms with Gasteiger partial charge < -0.3 is 14.5 Å². The fourth-order valence-electron chi connectivity index (χ4n) is 2.42. The van der Waals surface area contributed by atoms with Gasteiger partial charge >= 0.3 is 5.97 Å². The van der Waals surface area contributed by atoms with E-state index in [0.29, 0.717) is 36.5 Å². The minimum Gasteiger partial charge on any atom is -0.481 e. The lowest BCUT2D eigenvalue weighted by Gasteiger charge is -2.22. The average Bonchev–Trinajstić information content (AvgIpc) is 2.85. The second-order valence-electron chi connectivity index (χ2n) is 5.41. The van der Waals surface area contributed by atoms with Crippen LogP contribution in [0, 0.1) is 13.8 Å². The normalized spacial score (nSPS) is 10.5. The summed E-state index contributed by atoms with van der Waals surface area (Å²) in [5.41, 5.74) is 1.99. The van der Waals surface area contributed by atoms with E-state index in [1.165, 1.54) is 0 Å². The molecule has 23 heavy (non-hydrogen) atoms. The van der Waals surface area contributed by atoms with Crippen LogP contribution >= 0.6 is 0 Å². The van der Waals surface area contributed by atoms with Crippen LogP contribution in [-0.4, -0.2) is 33.6 Å². The molecule has 0 atom stereocenters. The molecule has 0 spiro atoms. The summed E-state index contributed by atoms with van der Waals surface area (Å²) >= 11 is 0. The Morgan fingerprint density at radius 2 is 1.91 bits per heavy atom. The van der Waals surface area contributed by atoms with E-state index in [4.69, 9.17) is 9.63 Å². The predicted molar refractivity (Wildman–Crippen MR) is 84.0 cm³/mol. The molecule has 0 aliphatic heterocycles. The van der Waals surface area contributed by atoms with Gasteiger partial charge in [-0.15, -0.1) is 0 Å². The molecule has 0 unspecified atom stereocenters. The number of amides is 1. The van der Waals surface area contributed by atoms with Crippen molar-refractivity contribution in [3.8, 4) is 0 Å². The zero-order valence-electron chi connectivity index (χ0n) is 13.3. The Labute approximate surface area is 134 Å². The number of carbonyl (C=O) groups excluding carboxylic acids is 1. The summed E-state index contributed by atoms with van der Waals surface area (Å²) in [6.45, 7) is 4.21. The van der Waals surface area contributed by atoms with E-state index >= 15 is 0 Å². The van der Waals surface area contributed by atoms with Gasteiger partial charge in [0.15, 0.2) is 0 Å². The van der Waals surface area contributed by atoms with Crippen molar-refractivity contribution >= 4 is 11.9 Å². The van der Waals surface area contributed by atoms with Crippen LogP contribution in [0.25, 0.3) is 0 Å². The molecule has 0 saturated heterocycles. The van der Waals surface area contributed by atoms with E-state index in [0.717, 1.165) is 5.56 Å². The molecule has 0 radical (unpaired) electrons. The Morgan fingerprint density at radius 3 is 2.48 bits per heavy atom. The van der Waals surface area contributed by atoms with E-state index in [2.05, 4.69) is 5.16 Å². The van der Waals surface area contributed by atoms with Gasteiger partial charge in [0.05, 0.1) is 5.69 Å². The summed E-state index contributed by atoms with van der Waals surface area (Å²) in [6.07, 6.45) is 0.428. The van der Waals surface area contributed by atoms with Crippen molar-refractivity contribution in [1.82, 2.24) is 10.1 Å². The van der Waals surface area contributed by atoms with Crippen molar-refractivity contribution in [2.24, 2.45) is 0 Å². The van der Waals surface area contributed by atoms with Gasteiger partial charge in [0.25, 0.3) is 5.91 Å². The van der Waals surface area contributed by atoms with Crippen LogP contribution in [0.1, 0.15) is 40.2 Å². The Balaban J connectivity index is 2.18. The van der Waals surface area contributed by atoms with Crippen LogP contribution in [-0.2, 0) is 11.3 Å². The maximum atomic E-state index is 12.8. The van der Waals surface area contributed by atoms with Crippen LogP contribution in [0.15, 0.2) is 34.9 Å². The Kier molecular flexibility index (Phi) is 5.51. The summed E-state index contributed by atoms with van der Waals surface area (Å²) in [7, 11) is 0. The Bertz CT molecular complexity index is 660. The first kappa shape index (κ1) is 16.7. The fourth-order valence-corrected chi connectivity index (χ4v) is 2.42. The van der Waals surface area contributed by atoms with Gasteiger partial charge in [-0.1, -0.05) is 35.5 Å². The van der Waals surface area contributed by atoms with Crippen molar-refractivity contribution in [2.75, 3.05) is 6.54 Å². The van der Waals surface area contributed by atoms with E-state index in [1.807, 2.05) is 30.3 Å². The summed E-state index contributed by atoms with van der Waals surface area (Å²) in [4.78, 5) is 25.2. The monoisotopic (exact) mass is 316 g/mol. The second kappa shape index (κ2) is 7.58. The van der Waals surface area contributed by atoms with Gasteiger partial charge in [0, 0.05) is 19.5 Å². The molecule has 1 aromatic carbocycles. The number of carboxylic acids is 1. The first-order chi connectivity index (χ1) is 11.0. The standard InChI is InChI=1S/C17H20N2O4/c1-12-16(13(2)23-18-12)17(22)19(10-6-9-15(20)21)11-14-7-4-3-5-8-14/h3-5,7-8H,6,9-11H2,1-2H3,(H,20,21). The molecule has 0 aliphatic rings. The summed E-state index contributed by atoms with van der Waals surface area (Å²) in [6, 6.07) is 9.60. The van der Waals surface area contributed by atoms with Crippen LogP contribution < -0.4 is 0 Å². The van der Waals surface area contributed by atoms with Crippen molar-refractivity contribution < 1.29 is 19.2 Å². The molecule has 6 heteroatoms. The quantitative estimate of drug-likeness (QED) is 0.849. The molecular weight excluding hydrogens is 296 g/mol. The number of carboxylic acid groups (broad SMARTS) is 1. The lowest BCUT2D eigenvalue weighted by molar-refractivity contribution is -0.137. The highest BCUT2D eigenvalue weighted by atomic mass is 16.5. The smallest absolute Gasteiger partial charge is 0.303 e. The molecule has 0 fully saturated rings. The number of hydrogen-bond donors (Lipinski definition) is 1. The molecule has 2 aromatic rings. The molecule has 0 bridgehead atoms. The molecule has 0 aliphatic carbocycles. The molecule has 1 aromatic heterocycles. The van der Waals surface area contributed by atoms with Gasteiger partial charge in [-0.25, -0.2) is 0 Å². The van der Waals surface area contributed by atoms with E-state index < -0.39 is 5.97 Å². The maximum absolute atomic E-state index is 12.8. The molecule has 6 nitrogen and oxygen atoms in total. The third-order valence-corrected chi connectivity index (χ3v) is 3.57. The average molecular weight is 316 g/mol. The largest absolute Gasteiger partial charge is 0.481 e. The third kappa shape index (κ3) is 4.42. The fraction of sp³-hybridized carbons (Fsp3) is 0.353. The van der Waals surface area contributed by atoms with Gasteiger partial charge in [-0.05, 0) is 25.8 Å². The van der Waals surface area contributed by atoms with Crippen molar-refractivity contribution in [3.05, 3.63) is 52.9 Å². The molecule has 2 rings (SSSR count). The van der Waals surface area contributed by atoms with Gasteiger partial charge in [0.1, 0.15) is 11.3 Å². The lowest BCUT2D eigenvalue weighted by atomic mass is 10.1. The highest BCUT2D eigenvalue weighted by Gasteiger charge is 2.23. The molecule has 1 amide bonds. The lowest BCUT2D eigenvalue weighted by Crippen LogP contribution is -2.32. The van der Waals surface area contributed by atoms with Gasteiger partial charge in [-0.3, -0.25) is 9.59 Å². The molecule has 0 saturated carbocycles. The number of rotatable bonds is 7. The summed E-state index contributed by atoms with van der Waals surface area (Å²) in [5, 5.41) is 12.6. The number of carbonyl (C=O) groups is 2. The van der Waals surface area contributed by atoms with Crippen molar-refractivity contribution in [2.45, 2.75) is 33.2 Å². The number of hydrogen-bond acceptors (Lipinski definition) is 4. The zero-order chi connectivity index (χ0) is 16.8. The van der Waals surface area contributed by atoms with E-state index in [1.54, 1.807) is 18.7 Å². The van der Waals surface area contributed by atoms with Gasteiger partial charge in [-0.2, -0.15) is 0 Å². The van der Waals surface area contributed by atoms with Crippen molar-refractivity contribution in [3.63, 3.8) is 0 Å². The van der Waals surface area contributed by atoms with Crippen LogP contribution in [0.4, 0.5) is 0 Å². The Hall–Kier alpha value is -2.63. The highest BCUT2D eigenvalue weighted by Crippen LogP contribution is 2.17. The minimum atomic E-state index is -0.866. The van der Waals surface area contributed by atoms with Crippen molar-refractivity contribution in [1.29, 1.82) is 0 Å². The minimum absolute atomic E-state index is 0.0279. The molecular formula is C17H20N2O4. The molecule has 1 N–H and O–H groups in total. The number of aromatic nitrogens is 1. The number of aryl methyl sites for hydroxylation is 2. The maximum Gasteiger partial charge on any atom is 0.303 e. The number of benzene rings is 1. The summed E-state index contributed by atoms with van der Waals surface area (Å²) < 4.78 is 5.07. The second-order valence-corrected chi connectivity index (χ2v) is 5.41. The van der Waals surface area contributed by atoms with Gasteiger partial charge in [0.2, 0.25) is 0 Å². The highest BCUT2D eigenvalue weighted by molar-refractivity contribution is 5.96. The van der Waals surface area contributed by atoms with E-state index in [-0.39, 0.29) is 12.3 Å². The molecule has 1 heterocycles. The first-order valence-corrected chi connectivity index (χ1v) is 7.47. The zero-order valence-corrected chi connectivity index (χ0v) is 13.3. The van der Waals surface area contributed by atoms with Crippen LogP contribution in [0.3, 0.4) is 0 Å².